The molecule has 0 amide bonds. The van der Waals surface area contributed by atoms with E-state index in [1.165, 1.54) is 6.07 Å². The van der Waals surface area contributed by atoms with E-state index in [4.69, 9.17) is 4.52 Å². The van der Waals surface area contributed by atoms with Gasteiger partial charge in [-0.05, 0) is 24.1 Å². The van der Waals surface area contributed by atoms with Crippen LogP contribution in [0.4, 0.5) is 0 Å². The summed E-state index contributed by atoms with van der Waals surface area (Å²) in [5.74, 6) is 0.425. The molecule has 3 N–H and O–H groups in total. The minimum Gasteiger partial charge on any atom is -0.334 e. The van der Waals surface area contributed by atoms with Crippen molar-refractivity contribution in [3.05, 3.63) is 55.9 Å². The van der Waals surface area contributed by atoms with Crippen molar-refractivity contribution >= 4 is 0 Å². The van der Waals surface area contributed by atoms with Crippen molar-refractivity contribution in [1.82, 2.24) is 25.4 Å². The summed E-state index contributed by atoms with van der Waals surface area (Å²) < 4.78 is 5.28. The summed E-state index contributed by atoms with van der Waals surface area (Å²) in [5.41, 5.74) is 3.17. The second-order valence-electron chi connectivity index (χ2n) is 5.98. The number of hydrogen-bond acceptors (Lipinski definition) is 6. The molecule has 3 aromatic heterocycles. The Bertz CT molecular complexity index is 1050. The molecule has 128 valence electrons. The molecule has 0 fully saturated rings. The standard InChI is InChI=1S/C17H17N5O3/c1-2-11-5-9(7-14(23)19-11)17-21-15(22-25-17)12-6-10-8-18-4-3-13(10)20-16(12)24/h5-7,18H,2-4,8H2,1H3,(H,19,23)(H,20,24). The predicted molar refractivity (Wildman–Crippen MR) is 91.2 cm³/mol. The van der Waals surface area contributed by atoms with Gasteiger partial charge in [-0.15, -0.1) is 0 Å². The molecule has 0 spiro atoms. The number of pyridine rings is 2. The summed E-state index contributed by atoms with van der Waals surface area (Å²) in [7, 11) is 0. The Morgan fingerprint density at radius 3 is 2.92 bits per heavy atom. The number of aromatic nitrogens is 4. The molecule has 8 nitrogen and oxygen atoms in total. The van der Waals surface area contributed by atoms with E-state index in [9.17, 15) is 9.59 Å². The Kier molecular flexibility index (Phi) is 3.81. The number of aromatic amines is 2. The lowest BCUT2D eigenvalue weighted by molar-refractivity contribution is 0.432. The van der Waals surface area contributed by atoms with E-state index in [1.807, 2.05) is 6.92 Å². The SMILES string of the molecule is CCc1cc(-c2nc(-c3cc4c([nH]c3=O)CCNC4)no2)cc(=O)[nH]1. The molecule has 25 heavy (non-hydrogen) atoms. The van der Waals surface area contributed by atoms with E-state index in [0.717, 1.165) is 29.9 Å². The third-order valence-corrected chi connectivity index (χ3v) is 4.28. The van der Waals surface area contributed by atoms with Crippen molar-refractivity contribution in [2.75, 3.05) is 6.54 Å². The maximum atomic E-state index is 12.3. The van der Waals surface area contributed by atoms with Crippen LogP contribution in [0.2, 0.25) is 0 Å². The van der Waals surface area contributed by atoms with Gasteiger partial charge in [0, 0.05) is 42.5 Å². The van der Waals surface area contributed by atoms with Gasteiger partial charge in [-0.25, -0.2) is 0 Å². The average molecular weight is 339 g/mol. The summed E-state index contributed by atoms with van der Waals surface area (Å²) in [6, 6.07) is 4.99. The minimum absolute atomic E-state index is 0.211. The predicted octanol–water partition coefficient (Wildman–Crippen LogP) is 0.988. The van der Waals surface area contributed by atoms with Crippen LogP contribution >= 0.6 is 0 Å². The molecule has 1 aliphatic heterocycles. The second-order valence-corrected chi connectivity index (χ2v) is 5.98. The summed E-state index contributed by atoms with van der Waals surface area (Å²) >= 11 is 0. The number of H-pyrrole nitrogens is 2. The van der Waals surface area contributed by atoms with Crippen molar-refractivity contribution in [2.45, 2.75) is 26.3 Å². The zero-order chi connectivity index (χ0) is 17.4. The van der Waals surface area contributed by atoms with Gasteiger partial charge in [0.1, 0.15) is 0 Å². The van der Waals surface area contributed by atoms with Gasteiger partial charge < -0.3 is 19.8 Å². The zero-order valence-corrected chi connectivity index (χ0v) is 13.7. The second kappa shape index (κ2) is 6.14. The molecule has 8 heteroatoms. The highest BCUT2D eigenvalue weighted by Gasteiger charge is 2.18. The van der Waals surface area contributed by atoms with E-state index in [1.54, 1.807) is 12.1 Å². The fourth-order valence-electron chi connectivity index (χ4n) is 2.96. The first kappa shape index (κ1) is 15.5. The number of rotatable bonds is 3. The Labute approximate surface area is 142 Å². The molecule has 0 saturated heterocycles. The first-order valence-corrected chi connectivity index (χ1v) is 8.17. The molecule has 0 unspecified atom stereocenters. The van der Waals surface area contributed by atoms with Crippen LogP contribution in [0.15, 0.2) is 32.3 Å². The zero-order valence-electron chi connectivity index (χ0n) is 13.7. The molecule has 0 aliphatic carbocycles. The Balaban J connectivity index is 1.76. The fraction of sp³-hybridized carbons (Fsp3) is 0.294. The quantitative estimate of drug-likeness (QED) is 0.655. The van der Waals surface area contributed by atoms with Gasteiger partial charge in [0.05, 0.1) is 5.56 Å². The maximum Gasteiger partial charge on any atom is 0.259 e. The molecule has 0 bridgehead atoms. The van der Waals surface area contributed by atoms with Crippen molar-refractivity contribution in [2.24, 2.45) is 0 Å². The fourth-order valence-corrected chi connectivity index (χ4v) is 2.96. The van der Waals surface area contributed by atoms with Gasteiger partial charge in [-0.1, -0.05) is 12.1 Å². The summed E-state index contributed by atoms with van der Waals surface area (Å²) in [6.45, 7) is 3.48. The number of fused-ring (bicyclic) bond motifs is 1. The molecule has 4 rings (SSSR count). The van der Waals surface area contributed by atoms with Crippen LogP contribution in [0.25, 0.3) is 22.8 Å². The Morgan fingerprint density at radius 2 is 2.08 bits per heavy atom. The van der Waals surface area contributed by atoms with Crippen molar-refractivity contribution in [1.29, 1.82) is 0 Å². The van der Waals surface area contributed by atoms with E-state index in [2.05, 4.69) is 25.4 Å². The van der Waals surface area contributed by atoms with Crippen molar-refractivity contribution < 1.29 is 4.52 Å². The first-order valence-electron chi connectivity index (χ1n) is 8.17. The van der Waals surface area contributed by atoms with Crippen molar-refractivity contribution in [3.8, 4) is 22.8 Å². The van der Waals surface area contributed by atoms with Gasteiger partial charge in [-0.2, -0.15) is 4.98 Å². The van der Waals surface area contributed by atoms with Crippen LogP contribution in [-0.2, 0) is 19.4 Å². The molecule has 1 aliphatic rings. The van der Waals surface area contributed by atoms with Gasteiger partial charge in [-0.3, -0.25) is 9.59 Å². The smallest absolute Gasteiger partial charge is 0.259 e. The molecule has 0 saturated carbocycles. The van der Waals surface area contributed by atoms with Gasteiger partial charge in [0.25, 0.3) is 11.4 Å². The van der Waals surface area contributed by atoms with E-state index in [0.29, 0.717) is 24.1 Å². The number of nitrogens with one attached hydrogen (secondary N) is 3. The highest BCUT2D eigenvalue weighted by molar-refractivity contribution is 5.60. The minimum atomic E-state index is -0.242. The topological polar surface area (TPSA) is 117 Å². The molecule has 4 heterocycles. The average Bonchev–Trinajstić information content (AvgIpc) is 3.10. The number of aryl methyl sites for hydroxylation is 1. The molecular formula is C17H17N5O3. The van der Waals surface area contributed by atoms with Gasteiger partial charge in [0.15, 0.2) is 0 Å². The highest BCUT2D eigenvalue weighted by Crippen LogP contribution is 2.21. The lowest BCUT2D eigenvalue weighted by atomic mass is 10.0. The summed E-state index contributed by atoms with van der Waals surface area (Å²) in [4.78, 5) is 34.0. The number of nitrogens with zero attached hydrogens (tertiary/aromatic N) is 2. The maximum absolute atomic E-state index is 12.3. The van der Waals surface area contributed by atoms with Crippen LogP contribution in [0.5, 0.6) is 0 Å². The molecule has 0 atom stereocenters. The van der Waals surface area contributed by atoms with Crippen LogP contribution in [0.1, 0.15) is 23.9 Å². The largest absolute Gasteiger partial charge is 0.334 e. The van der Waals surface area contributed by atoms with E-state index < -0.39 is 0 Å². The Hall–Kier alpha value is -3.00. The van der Waals surface area contributed by atoms with E-state index in [-0.39, 0.29) is 22.8 Å². The monoisotopic (exact) mass is 339 g/mol. The van der Waals surface area contributed by atoms with Crippen LogP contribution in [-0.4, -0.2) is 26.7 Å². The van der Waals surface area contributed by atoms with Crippen LogP contribution in [0, 0.1) is 0 Å². The van der Waals surface area contributed by atoms with Gasteiger partial charge >= 0.3 is 0 Å². The lowest BCUT2D eigenvalue weighted by Gasteiger charge is -2.16. The van der Waals surface area contributed by atoms with Crippen molar-refractivity contribution in [3.63, 3.8) is 0 Å². The third-order valence-electron chi connectivity index (χ3n) is 4.28. The Morgan fingerprint density at radius 1 is 1.20 bits per heavy atom. The van der Waals surface area contributed by atoms with E-state index >= 15 is 0 Å². The van der Waals surface area contributed by atoms with Gasteiger partial charge in [0.2, 0.25) is 11.4 Å². The van der Waals surface area contributed by atoms with Crippen LogP contribution < -0.4 is 16.4 Å². The molecular weight excluding hydrogens is 322 g/mol. The highest BCUT2D eigenvalue weighted by atomic mass is 16.5. The molecule has 0 radical (unpaired) electrons. The molecule has 3 aromatic rings. The molecule has 0 aromatic carbocycles. The third kappa shape index (κ3) is 2.91. The summed E-state index contributed by atoms with van der Waals surface area (Å²) in [5, 5.41) is 7.18. The lowest BCUT2D eigenvalue weighted by Crippen LogP contribution is -2.27. The van der Waals surface area contributed by atoms with Crippen LogP contribution in [0.3, 0.4) is 0 Å². The first-order chi connectivity index (χ1) is 12.1. The summed E-state index contributed by atoms with van der Waals surface area (Å²) in [6.07, 6.45) is 1.47. The normalized spacial score (nSPS) is 13.6. The number of hydrogen-bond donors (Lipinski definition) is 3.